The van der Waals surface area contributed by atoms with Crippen molar-refractivity contribution in [2.75, 3.05) is 11.2 Å². The summed E-state index contributed by atoms with van der Waals surface area (Å²) in [7, 11) is 0. The maximum Gasteiger partial charge on any atom is 0.223 e. The number of anilines is 2. The molecule has 0 aliphatic rings. The monoisotopic (exact) mass is 235 g/mol. The zero-order chi connectivity index (χ0) is 11.4. The Balaban J connectivity index is 2.24. The molecule has 0 spiro atoms. The SMILES string of the molecule is NNc1cc(Sc2cnccn2)nc(N)n1. The minimum atomic E-state index is 0.154. The molecule has 0 unspecified atom stereocenters. The molecule has 82 valence electrons. The van der Waals surface area contributed by atoms with Crippen LogP contribution in [0.3, 0.4) is 0 Å². The van der Waals surface area contributed by atoms with E-state index in [9.17, 15) is 0 Å². The maximum absolute atomic E-state index is 5.52. The highest BCUT2D eigenvalue weighted by Gasteiger charge is 2.04. The summed E-state index contributed by atoms with van der Waals surface area (Å²) in [5.41, 5.74) is 7.93. The predicted molar refractivity (Wildman–Crippen MR) is 60.4 cm³/mol. The van der Waals surface area contributed by atoms with Crippen molar-refractivity contribution in [2.45, 2.75) is 10.1 Å². The first-order chi connectivity index (χ1) is 7.78. The van der Waals surface area contributed by atoms with E-state index in [4.69, 9.17) is 11.6 Å². The Kier molecular flexibility index (Phi) is 3.13. The van der Waals surface area contributed by atoms with Crippen molar-refractivity contribution in [3.05, 3.63) is 24.7 Å². The van der Waals surface area contributed by atoms with Crippen molar-refractivity contribution >= 4 is 23.5 Å². The minimum Gasteiger partial charge on any atom is -0.368 e. The van der Waals surface area contributed by atoms with E-state index in [1.54, 1.807) is 24.7 Å². The molecule has 2 heterocycles. The molecule has 0 bridgehead atoms. The summed E-state index contributed by atoms with van der Waals surface area (Å²) in [5, 5.41) is 1.38. The molecular weight excluding hydrogens is 226 g/mol. The molecule has 5 N–H and O–H groups in total. The smallest absolute Gasteiger partial charge is 0.223 e. The molecule has 16 heavy (non-hydrogen) atoms. The van der Waals surface area contributed by atoms with Crippen LogP contribution in [0.15, 0.2) is 34.7 Å². The second kappa shape index (κ2) is 4.73. The summed E-state index contributed by atoms with van der Waals surface area (Å²) in [6, 6.07) is 1.68. The molecule has 0 amide bonds. The molecule has 0 atom stereocenters. The van der Waals surface area contributed by atoms with E-state index in [0.29, 0.717) is 10.8 Å². The third-order valence-electron chi connectivity index (χ3n) is 1.62. The van der Waals surface area contributed by atoms with Gasteiger partial charge in [0.05, 0.1) is 6.20 Å². The number of rotatable bonds is 3. The van der Waals surface area contributed by atoms with Crippen molar-refractivity contribution < 1.29 is 0 Å². The van der Waals surface area contributed by atoms with Crippen LogP contribution >= 0.6 is 11.8 Å². The number of nitrogens with one attached hydrogen (secondary N) is 1. The Morgan fingerprint density at radius 1 is 1.19 bits per heavy atom. The number of nitrogen functional groups attached to an aromatic ring is 2. The largest absolute Gasteiger partial charge is 0.368 e. The van der Waals surface area contributed by atoms with Crippen LogP contribution in [0, 0.1) is 0 Å². The van der Waals surface area contributed by atoms with E-state index < -0.39 is 0 Å². The molecule has 0 aliphatic heterocycles. The molecule has 0 saturated heterocycles. The van der Waals surface area contributed by atoms with Crippen LogP contribution in [0.5, 0.6) is 0 Å². The van der Waals surface area contributed by atoms with Crippen LogP contribution in [0.1, 0.15) is 0 Å². The average Bonchev–Trinajstić information content (AvgIpc) is 2.29. The molecule has 0 aromatic carbocycles. The third-order valence-corrected chi connectivity index (χ3v) is 2.45. The van der Waals surface area contributed by atoms with Gasteiger partial charge in [-0.15, -0.1) is 0 Å². The fourth-order valence-corrected chi connectivity index (χ4v) is 1.77. The molecule has 2 aromatic heterocycles. The fourth-order valence-electron chi connectivity index (χ4n) is 1.01. The van der Waals surface area contributed by atoms with Gasteiger partial charge in [0.25, 0.3) is 0 Å². The van der Waals surface area contributed by atoms with Gasteiger partial charge in [-0.2, -0.15) is 4.98 Å². The van der Waals surface area contributed by atoms with Crippen LogP contribution in [0.25, 0.3) is 0 Å². The molecule has 0 fully saturated rings. The second-order valence-corrected chi connectivity index (χ2v) is 3.78. The van der Waals surface area contributed by atoms with Gasteiger partial charge < -0.3 is 11.2 Å². The van der Waals surface area contributed by atoms with Gasteiger partial charge in [0.15, 0.2) is 0 Å². The minimum absolute atomic E-state index is 0.154. The molecule has 8 heteroatoms. The van der Waals surface area contributed by atoms with Crippen molar-refractivity contribution in [1.82, 2.24) is 19.9 Å². The Morgan fingerprint density at radius 3 is 2.75 bits per heavy atom. The number of hydrogen-bond acceptors (Lipinski definition) is 8. The fraction of sp³-hybridized carbons (Fsp3) is 0. The maximum atomic E-state index is 5.52. The Hall–Kier alpha value is -1.93. The highest BCUT2D eigenvalue weighted by Crippen LogP contribution is 2.25. The summed E-state index contributed by atoms with van der Waals surface area (Å²) in [6.45, 7) is 0. The van der Waals surface area contributed by atoms with Crippen molar-refractivity contribution in [2.24, 2.45) is 5.84 Å². The summed E-state index contributed by atoms with van der Waals surface area (Å²) in [4.78, 5) is 16.0. The van der Waals surface area contributed by atoms with Crippen LogP contribution in [0.2, 0.25) is 0 Å². The summed E-state index contributed by atoms with van der Waals surface area (Å²) < 4.78 is 0. The lowest BCUT2D eigenvalue weighted by Gasteiger charge is -2.03. The van der Waals surface area contributed by atoms with Crippen LogP contribution in [-0.2, 0) is 0 Å². The highest BCUT2D eigenvalue weighted by atomic mass is 32.2. The van der Waals surface area contributed by atoms with Crippen LogP contribution in [-0.4, -0.2) is 19.9 Å². The Bertz CT molecular complexity index is 475. The quantitative estimate of drug-likeness (QED) is 0.395. The summed E-state index contributed by atoms with van der Waals surface area (Å²) in [5.74, 6) is 5.86. The van der Waals surface area contributed by atoms with Gasteiger partial charge in [0, 0.05) is 18.5 Å². The Morgan fingerprint density at radius 2 is 2.06 bits per heavy atom. The van der Waals surface area contributed by atoms with Gasteiger partial charge in [0.2, 0.25) is 5.95 Å². The zero-order valence-corrected chi connectivity index (χ0v) is 8.98. The van der Waals surface area contributed by atoms with Crippen LogP contribution in [0.4, 0.5) is 11.8 Å². The zero-order valence-electron chi connectivity index (χ0n) is 8.16. The first-order valence-corrected chi connectivity index (χ1v) is 5.14. The molecule has 2 aromatic rings. The van der Waals surface area contributed by atoms with Gasteiger partial charge >= 0.3 is 0 Å². The van der Waals surface area contributed by atoms with Gasteiger partial charge in [-0.05, 0) is 11.8 Å². The molecule has 0 saturated carbocycles. The lowest BCUT2D eigenvalue weighted by atomic mass is 10.6. The van der Waals surface area contributed by atoms with Crippen molar-refractivity contribution in [3.8, 4) is 0 Å². The lowest BCUT2D eigenvalue weighted by molar-refractivity contribution is 1.02. The van der Waals surface area contributed by atoms with E-state index in [0.717, 1.165) is 5.03 Å². The van der Waals surface area contributed by atoms with E-state index in [1.165, 1.54) is 11.8 Å². The van der Waals surface area contributed by atoms with Crippen LogP contribution < -0.4 is 17.0 Å². The molecule has 0 aliphatic carbocycles. The predicted octanol–water partition coefficient (Wildman–Crippen LogP) is 0.286. The summed E-state index contributed by atoms with van der Waals surface area (Å²) >= 11 is 1.33. The van der Waals surface area contributed by atoms with Gasteiger partial charge in [0.1, 0.15) is 15.9 Å². The molecule has 2 rings (SSSR count). The number of nitrogens with two attached hydrogens (primary N) is 2. The third kappa shape index (κ3) is 2.55. The van der Waals surface area contributed by atoms with Gasteiger partial charge in [-0.25, -0.2) is 15.8 Å². The normalized spacial score (nSPS) is 10.1. The summed E-state index contributed by atoms with van der Waals surface area (Å²) in [6.07, 6.45) is 4.85. The molecular formula is C8H9N7S. The molecule has 7 nitrogen and oxygen atoms in total. The first-order valence-electron chi connectivity index (χ1n) is 4.33. The highest BCUT2D eigenvalue weighted by molar-refractivity contribution is 7.99. The van der Waals surface area contributed by atoms with E-state index >= 15 is 0 Å². The Labute approximate surface area is 95.7 Å². The van der Waals surface area contributed by atoms with Crippen molar-refractivity contribution in [1.29, 1.82) is 0 Å². The number of aromatic nitrogens is 4. The number of hydrazine groups is 1. The average molecular weight is 235 g/mol. The van der Waals surface area contributed by atoms with Gasteiger partial charge in [-0.1, -0.05) is 0 Å². The van der Waals surface area contributed by atoms with E-state index in [1.807, 2.05) is 0 Å². The van der Waals surface area contributed by atoms with E-state index in [-0.39, 0.29) is 5.95 Å². The first kappa shape index (κ1) is 10.6. The standard InChI is InChI=1S/C8H9N7S/c9-8-13-5(15-10)3-6(14-8)16-7-4-11-1-2-12-7/h1-4H,10H2,(H3,9,13,14,15). The van der Waals surface area contributed by atoms with E-state index in [2.05, 4.69) is 25.4 Å². The second-order valence-electron chi connectivity index (χ2n) is 2.74. The van der Waals surface area contributed by atoms with Crippen molar-refractivity contribution in [3.63, 3.8) is 0 Å². The lowest BCUT2D eigenvalue weighted by Crippen LogP contribution is -2.10. The number of hydrogen-bond donors (Lipinski definition) is 3. The topological polar surface area (TPSA) is 116 Å². The number of nitrogens with zero attached hydrogens (tertiary/aromatic N) is 4. The van der Waals surface area contributed by atoms with Gasteiger partial charge in [-0.3, -0.25) is 4.98 Å². The molecule has 0 radical (unpaired) electrons.